The largest absolute Gasteiger partial charge is 0.240 e. The van der Waals surface area contributed by atoms with Crippen molar-refractivity contribution in [2.45, 2.75) is 29.8 Å². The molecule has 4 rings (SSSR count). The Bertz CT molecular complexity index is 779. The maximum atomic E-state index is 5.92. The monoisotopic (exact) mass is 349 g/mol. The van der Waals surface area contributed by atoms with E-state index in [1.54, 1.807) is 23.1 Å². The molecule has 2 aromatic heterocycles. The van der Waals surface area contributed by atoms with E-state index in [-0.39, 0.29) is 0 Å². The van der Waals surface area contributed by atoms with E-state index in [1.165, 1.54) is 12.8 Å². The number of hydrogen-bond donors (Lipinski definition) is 0. The van der Waals surface area contributed by atoms with Gasteiger partial charge in [-0.25, -0.2) is 9.67 Å². The number of halogens is 1. The highest BCUT2D eigenvalue weighted by Gasteiger charge is 2.27. The normalized spacial score (nSPS) is 14.4. The molecule has 0 saturated heterocycles. The molecule has 1 saturated carbocycles. The second-order valence-electron chi connectivity index (χ2n) is 5.08. The molecule has 22 heavy (non-hydrogen) atoms. The molecule has 0 amide bonds. The van der Waals surface area contributed by atoms with Gasteiger partial charge < -0.3 is 0 Å². The standard InChI is InChI=1S/C14H12ClN5S2/c15-10-3-1-9(2-4-10)13-16-11(7-21-13)8-22-14-17-18-19-20(14)12-5-6-12/h1-4,7,12H,5-6,8H2. The summed E-state index contributed by atoms with van der Waals surface area (Å²) in [7, 11) is 0. The van der Waals surface area contributed by atoms with Gasteiger partial charge in [0.1, 0.15) is 5.01 Å². The molecule has 0 spiro atoms. The van der Waals surface area contributed by atoms with Crippen LogP contribution in [0, 0.1) is 0 Å². The third-order valence-corrected chi connectivity index (χ3v) is 5.51. The number of nitrogens with zero attached hydrogens (tertiary/aromatic N) is 5. The average Bonchev–Trinajstić information content (AvgIpc) is 3.09. The molecule has 5 nitrogen and oxygen atoms in total. The Labute approximate surface area is 140 Å². The summed E-state index contributed by atoms with van der Waals surface area (Å²) in [5.41, 5.74) is 2.14. The Balaban J connectivity index is 1.45. The first-order valence-corrected chi connectivity index (χ1v) is 9.15. The van der Waals surface area contributed by atoms with Gasteiger partial charge in [-0.1, -0.05) is 35.5 Å². The molecule has 0 N–H and O–H groups in total. The van der Waals surface area contributed by atoms with Crippen molar-refractivity contribution in [3.05, 3.63) is 40.4 Å². The molecule has 1 fully saturated rings. The van der Waals surface area contributed by atoms with Crippen LogP contribution in [0.5, 0.6) is 0 Å². The fraction of sp³-hybridized carbons (Fsp3) is 0.286. The van der Waals surface area contributed by atoms with Crippen LogP contribution in [0.15, 0.2) is 34.8 Å². The van der Waals surface area contributed by atoms with E-state index in [4.69, 9.17) is 11.6 Å². The maximum absolute atomic E-state index is 5.92. The summed E-state index contributed by atoms with van der Waals surface area (Å²) in [6, 6.07) is 8.25. The Morgan fingerprint density at radius 1 is 1.27 bits per heavy atom. The Kier molecular flexibility index (Phi) is 3.85. The minimum Gasteiger partial charge on any atom is -0.240 e. The number of thioether (sulfide) groups is 1. The number of aromatic nitrogens is 5. The predicted molar refractivity (Wildman–Crippen MR) is 88.2 cm³/mol. The topological polar surface area (TPSA) is 56.5 Å². The first kappa shape index (κ1) is 14.2. The number of thiazole rings is 1. The first-order valence-electron chi connectivity index (χ1n) is 6.90. The van der Waals surface area contributed by atoms with E-state index in [1.807, 2.05) is 28.9 Å². The first-order chi connectivity index (χ1) is 10.8. The van der Waals surface area contributed by atoms with Gasteiger partial charge in [0.05, 0.1) is 11.7 Å². The van der Waals surface area contributed by atoms with E-state index >= 15 is 0 Å². The molecular weight excluding hydrogens is 338 g/mol. The molecule has 0 unspecified atom stereocenters. The molecule has 112 valence electrons. The van der Waals surface area contributed by atoms with Crippen molar-refractivity contribution in [1.29, 1.82) is 0 Å². The minimum absolute atomic E-state index is 0.498. The number of rotatable bonds is 5. The van der Waals surface area contributed by atoms with Crippen molar-refractivity contribution < 1.29 is 0 Å². The number of benzene rings is 1. The second-order valence-corrected chi connectivity index (χ2v) is 7.31. The fourth-order valence-electron chi connectivity index (χ4n) is 2.07. The number of hydrogen-bond acceptors (Lipinski definition) is 6. The zero-order chi connectivity index (χ0) is 14.9. The lowest BCUT2D eigenvalue weighted by atomic mass is 10.2. The molecule has 2 heterocycles. The average molecular weight is 350 g/mol. The fourth-order valence-corrected chi connectivity index (χ4v) is 3.96. The van der Waals surface area contributed by atoms with E-state index < -0.39 is 0 Å². The zero-order valence-corrected chi connectivity index (χ0v) is 13.9. The molecule has 3 aromatic rings. The van der Waals surface area contributed by atoms with Crippen LogP contribution < -0.4 is 0 Å². The summed E-state index contributed by atoms with van der Waals surface area (Å²) in [4.78, 5) is 4.68. The van der Waals surface area contributed by atoms with Crippen molar-refractivity contribution in [2.24, 2.45) is 0 Å². The van der Waals surface area contributed by atoms with Gasteiger partial charge in [0.15, 0.2) is 0 Å². The van der Waals surface area contributed by atoms with Gasteiger partial charge in [0.25, 0.3) is 0 Å². The minimum atomic E-state index is 0.498. The second kappa shape index (κ2) is 5.98. The molecule has 0 atom stereocenters. The third-order valence-electron chi connectivity index (χ3n) is 3.35. The van der Waals surface area contributed by atoms with Gasteiger partial charge in [0, 0.05) is 21.7 Å². The van der Waals surface area contributed by atoms with Gasteiger partial charge in [-0.2, -0.15) is 0 Å². The van der Waals surface area contributed by atoms with Gasteiger partial charge in [0.2, 0.25) is 5.16 Å². The molecule has 0 bridgehead atoms. The molecule has 1 aliphatic rings. The Morgan fingerprint density at radius 3 is 2.86 bits per heavy atom. The van der Waals surface area contributed by atoms with Crippen LogP contribution >= 0.6 is 34.7 Å². The molecule has 1 aliphatic carbocycles. The van der Waals surface area contributed by atoms with Gasteiger partial charge in [-0.15, -0.1) is 16.4 Å². The summed E-state index contributed by atoms with van der Waals surface area (Å²) >= 11 is 9.19. The highest BCUT2D eigenvalue weighted by atomic mass is 35.5. The van der Waals surface area contributed by atoms with Crippen LogP contribution in [0.2, 0.25) is 5.02 Å². The zero-order valence-electron chi connectivity index (χ0n) is 11.5. The van der Waals surface area contributed by atoms with Gasteiger partial charge >= 0.3 is 0 Å². The molecular formula is C14H12ClN5S2. The van der Waals surface area contributed by atoms with E-state index in [0.717, 1.165) is 32.2 Å². The smallest absolute Gasteiger partial charge is 0.209 e. The predicted octanol–water partition coefficient (Wildman–Crippen LogP) is 4.08. The molecule has 0 aliphatic heterocycles. The summed E-state index contributed by atoms with van der Waals surface area (Å²) in [6.45, 7) is 0. The molecule has 0 radical (unpaired) electrons. The van der Waals surface area contributed by atoms with E-state index in [9.17, 15) is 0 Å². The van der Waals surface area contributed by atoms with Crippen LogP contribution in [0.25, 0.3) is 10.6 Å². The lowest BCUT2D eigenvalue weighted by Crippen LogP contribution is -1.98. The SMILES string of the molecule is Clc1ccc(-c2nc(CSc3nnnn3C3CC3)cs2)cc1. The third kappa shape index (κ3) is 3.02. The van der Waals surface area contributed by atoms with Crippen molar-refractivity contribution in [1.82, 2.24) is 25.2 Å². The van der Waals surface area contributed by atoms with Crippen LogP contribution in [0.4, 0.5) is 0 Å². The van der Waals surface area contributed by atoms with Crippen molar-refractivity contribution in [3.63, 3.8) is 0 Å². The summed E-state index contributed by atoms with van der Waals surface area (Å²) in [5.74, 6) is 0.775. The van der Waals surface area contributed by atoms with Gasteiger partial charge in [-0.05, 0) is 35.4 Å². The van der Waals surface area contributed by atoms with Crippen LogP contribution in [-0.4, -0.2) is 25.2 Å². The highest BCUT2D eigenvalue weighted by molar-refractivity contribution is 7.98. The van der Waals surface area contributed by atoms with Crippen molar-refractivity contribution in [2.75, 3.05) is 0 Å². The Morgan fingerprint density at radius 2 is 2.09 bits per heavy atom. The summed E-state index contributed by atoms with van der Waals surface area (Å²) in [6.07, 6.45) is 2.35. The van der Waals surface area contributed by atoms with Gasteiger partial charge in [-0.3, -0.25) is 0 Å². The van der Waals surface area contributed by atoms with Crippen molar-refractivity contribution >= 4 is 34.7 Å². The van der Waals surface area contributed by atoms with Crippen LogP contribution in [0.3, 0.4) is 0 Å². The molecule has 8 heteroatoms. The van der Waals surface area contributed by atoms with E-state index in [2.05, 4.69) is 25.9 Å². The van der Waals surface area contributed by atoms with Crippen molar-refractivity contribution in [3.8, 4) is 10.6 Å². The maximum Gasteiger partial charge on any atom is 0.209 e. The number of tetrazole rings is 1. The van der Waals surface area contributed by atoms with E-state index in [0.29, 0.717) is 6.04 Å². The quantitative estimate of drug-likeness (QED) is 0.650. The lowest BCUT2D eigenvalue weighted by molar-refractivity contribution is 0.565. The highest BCUT2D eigenvalue weighted by Crippen LogP contribution is 2.37. The summed E-state index contributed by atoms with van der Waals surface area (Å²) < 4.78 is 1.93. The van der Waals surface area contributed by atoms with Crippen LogP contribution in [0.1, 0.15) is 24.6 Å². The lowest BCUT2D eigenvalue weighted by Gasteiger charge is -2.00. The summed E-state index contributed by atoms with van der Waals surface area (Å²) in [5, 5.41) is 16.6. The Hall–Kier alpha value is -1.44. The molecule has 1 aromatic carbocycles. The van der Waals surface area contributed by atoms with Crippen LogP contribution in [-0.2, 0) is 5.75 Å².